The zero-order valence-corrected chi connectivity index (χ0v) is 11.7. The zero-order valence-electron chi connectivity index (χ0n) is 11.7. The third kappa shape index (κ3) is 4.24. The van der Waals surface area contributed by atoms with Gasteiger partial charge < -0.3 is 15.2 Å². The normalized spacial score (nSPS) is 10.3. The van der Waals surface area contributed by atoms with E-state index in [-0.39, 0.29) is 6.61 Å². The summed E-state index contributed by atoms with van der Waals surface area (Å²) in [5.41, 5.74) is 2.14. The lowest BCUT2D eigenvalue weighted by molar-refractivity contribution is 0.298. The molecule has 20 heavy (non-hydrogen) atoms. The SMILES string of the molecule is CCNc1ccc(COc2ccc(CCO)cc2)cn1. The van der Waals surface area contributed by atoms with E-state index in [0.29, 0.717) is 13.0 Å². The molecule has 0 atom stereocenters. The van der Waals surface area contributed by atoms with Crippen molar-refractivity contribution in [3.05, 3.63) is 53.7 Å². The van der Waals surface area contributed by atoms with E-state index in [1.165, 1.54) is 0 Å². The number of aliphatic hydroxyl groups is 1. The summed E-state index contributed by atoms with van der Waals surface area (Å²) in [4.78, 5) is 4.30. The molecule has 0 fully saturated rings. The highest BCUT2D eigenvalue weighted by Crippen LogP contribution is 2.15. The number of hydrogen-bond acceptors (Lipinski definition) is 4. The second-order valence-corrected chi connectivity index (χ2v) is 4.49. The molecule has 0 amide bonds. The third-order valence-corrected chi connectivity index (χ3v) is 2.91. The van der Waals surface area contributed by atoms with Crippen molar-refractivity contribution < 1.29 is 9.84 Å². The Morgan fingerprint density at radius 1 is 1.10 bits per heavy atom. The van der Waals surface area contributed by atoms with Gasteiger partial charge in [0.25, 0.3) is 0 Å². The Morgan fingerprint density at radius 2 is 1.85 bits per heavy atom. The molecule has 0 saturated carbocycles. The third-order valence-electron chi connectivity index (χ3n) is 2.91. The largest absolute Gasteiger partial charge is 0.489 e. The van der Waals surface area contributed by atoms with E-state index in [0.717, 1.165) is 29.2 Å². The average molecular weight is 272 g/mol. The van der Waals surface area contributed by atoms with Gasteiger partial charge in [-0.05, 0) is 37.1 Å². The summed E-state index contributed by atoms with van der Waals surface area (Å²) in [7, 11) is 0. The minimum Gasteiger partial charge on any atom is -0.489 e. The molecule has 4 nitrogen and oxygen atoms in total. The lowest BCUT2D eigenvalue weighted by Crippen LogP contribution is -2.01. The Balaban J connectivity index is 1.87. The summed E-state index contributed by atoms with van der Waals surface area (Å²) in [5, 5.41) is 12.0. The fourth-order valence-corrected chi connectivity index (χ4v) is 1.84. The number of pyridine rings is 1. The lowest BCUT2D eigenvalue weighted by Gasteiger charge is -2.08. The molecule has 0 aliphatic rings. The maximum atomic E-state index is 8.86. The summed E-state index contributed by atoms with van der Waals surface area (Å²) < 4.78 is 5.70. The number of aromatic nitrogens is 1. The first-order valence-corrected chi connectivity index (χ1v) is 6.83. The summed E-state index contributed by atoms with van der Waals surface area (Å²) in [5.74, 6) is 1.70. The van der Waals surface area contributed by atoms with Crippen LogP contribution in [0.2, 0.25) is 0 Å². The molecule has 1 heterocycles. The highest BCUT2D eigenvalue weighted by molar-refractivity contribution is 5.35. The molecule has 2 aromatic rings. The number of rotatable bonds is 7. The van der Waals surface area contributed by atoms with Crippen molar-refractivity contribution in [2.24, 2.45) is 0 Å². The highest BCUT2D eigenvalue weighted by atomic mass is 16.5. The monoisotopic (exact) mass is 272 g/mol. The first kappa shape index (κ1) is 14.3. The van der Waals surface area contributed by atoms with Crippen LogP contribution in [-0.2, 0) is 13.0 Å². The van der Waals surface area contributed by atoms with Crippen molar-refractivity contribution in [2.45, 2.75) is 20.0 Å². The molecule has 0 unspecified atom stereocenters. The predicted molar refractivity (Wildman–Crippen MR) is 80.0 cm³/mol. The van der Waals surface area contributed by atoms with Crippen LogP contribution in [0.15, 0.2) is 42.6 Å². The molecule has 0 radical (unpaired) electrons. The Hall–Kier alpha value is -2.07. The van der Waals surface area contributed by atoms with Gasteiger partial charge in [-0.15, -0.1) is 0 Å². The number of anilines is 1. The first-order chi connectivity index (χ1) is 9.81. The number of aliphatic hydroxyl groups excluding tert-OH is 1. The lowest BCUT2D eigenvalue weighted by atomic mass is 10.1. The van der Waals surface area contributed by atoms with E-state index >= 15 is 0 Å². The fraction of sp³-hybridized carbons (Fsp3) is 0.312. The number of nitrogens with one attached hydrogen (secondary N) is 1. The van der Waals surface area contributed by atoms with Crippen molar-refractivity contribution in [3.8, 4) is 5.75 Å². The topological polar surface area (TPSA) is 54.4 Å². The molecule has 2 rings (SSSR count). The Labute approximate surface area is 119 Å². The molecule has 0 aliphatic heterocycles. The summed E-state index contributed by atoms with van der Waals surface area (Å²) >= 11 is 0. The summed E-state index contributed by atoms with van der Waals surface area (Å²) in [6.07, 6.45) is 2.49. The van der Waals surface area contributed by atoms with Gasteiger partial charge in [0, 0.05) is 24.9 Å². The van der Waals surface area contributed by atoms with Gasteiger partial charge in [-0.1, -0.05) is 18.2 Å². The van der Waals surface area contributed by atoms with Crippen LogP contribution < -0.4 is 10.1 Å². The van der Waals surface area contributed by atoms with Crippen LogP contribution in [0.5, 0.6) is 5.75 Å². The van der Waals surface area contributed by atoms with E-state index in [1.807, 2.05) is 49.5 Å². The van der Waals surface area contributed by atoms with E-state index < -0.39 is 0 Å². The van der Waals surface area contributed by atoms with Crippen LogP contribution in [-0.4, -0.2) is 23.2 Å². The van der Waals surface area contributed by atoms with Gasteiger partial charge in [0.2, 0.25) is 0 Å². The van der Waals surface area contributed by atoms with Crippen molar-refractivity contribution in [3.63, 3.8) is 0 Å². The first-order valence-electron chi connectivity index (χ1n) is 6.83. The summed E-state index contributed by atoms with van der Waals surface area (Å²) in [6, 6.07) is 11.7. The van der Waals surface area contributed by atoms with Crippen molar-refractivity contribution in [1.82, 2.24) is 4.98 Å². The van der Waals surface area contributed by atoms with Crippen LogP contribution in [0.1, 0.15) is 18.1 Å². The highest BCUT2D eigenvalue weighted by Gasteiger charge is 1.98. The van der Waals surface area contributed by atoms with Crippen LogP contribution in [0.25, 0.3) is 0 Å². The smallest absolute Gasteiger partial charge is 0.125 e. The maximum absolute atomic E-state index is 8.86. The van der Waals surface area contributed by atoms with Crippen LogP contribution in [0.4, 0.5) is 5.82 Å². The molecule has 0 saturated heterocycles. The number of benzene rings is 1. The molecule has 0 spiro atoms. The number of nitrogens with zero attached hydrogens (tertiary/aromatic N) is 1. The molecule has 4 heteroatoms. The molecule has 2 N–H and O–H groups in total. The van der Waals surface area contributed by atoms with Gasteiger partial charge in [0.1, 0.15) is 18.2 Å². The Morgan fingerprint density at radius 3 is 2.45 bits per heavy atom. The number of ether oxygens (including phenoxy) is 1. The van der Waals surface area contributed by atoms with Gasteiger partial charge in [-0.3, -0.25) is 0 Å². The second kappa shape index (κ2) is 7.50. The van der Waals surface area contributed by atoms with Gasteiger partial charge in [0.05, 0.1) is 0 Å². The van der Waals surface area contributed by atoms with Crippen LogP contribution >= 0.6 is 0 Å². The van der Waals surface area contributed by atoms with Crippen LogP contribution in [0.3, 0.4) is 0 Å². The predicted octanol–water partition coefficient (Wildman–Crippen LogP) is 2.63. The van der Waals surface area contributed by atoms with Crippen molar-refractivity contribution in [1.29, 1.82) is 0 Å². The standard InChI is InChI=1S/C16H20N2O2/c1-2-17-16-8-5-14(11-18-16)12-20-15-6-3-13(4-7-15)9-10-19/h3-8,11,19H,2,9-10,12H2,1H3,(H,17,18). The summed E-state index contributed by atoms with van der Waals surface area (Å²) in [6.45, 7) is 3.57. The molecular weight excluding hydrogens is 252 g/mol. The Bertz CT molecular complexity index is 460. The molecule has 106 valence electrons. The van der Waals surface area contributed by atoms with E-state index in [1.54, 1.807) is 0 Å². The zero-order chi connectivity index (χ0) is 14.2. The minimum atomic E-state index is 0.171. The quantitative estimate of drug-likeness (QED) is 0.813. The fourth-order valence-electron chi connectivity index (χ4n) is 1.84. The number of hydrogen-bond donors (Lipinski definition) is 2. The van der Waals surface area contributed by atoms with Gasteiger partial charge in [-0.2, -0.15) is 0 Å². The van der Waals surface area contributed by atoms with Gasteiger partial charge >= 0.3 is 0 Å². The molecule has 1 aromatic heterocycles. The van der Waals surface area contributed by atoms with Crippen molar-refractivity contribution in [2.75, 3.05) is 18.5 Å². The van der Waals surface area contributed by atoms with Crippen LogP contribution in [0, 0.1) is 0 Å². The molecule has 1 aromatic carbocycles. The molecular formula is C16H20N2O2. The van der Waals surface area contributed by atoms with Gasteiger partial charge in [0.15, 0.2) is 0 Å². The molecule has 0 bridgehead atoms. The van der Waals surface area contributed by atoms with E-state index in [9.17, 15) is 0 Å². The molecule has 0 aliphatic carbocycles. The average Bonchev–Trinajstić information content (AvgIpc) is 2.49. The van der Waals surface area contributed by atoms with Crippen molar-refractivity contribution >= 4 is 5.82 Å². The van der Waals surface area contributed by atoms with E-state index in [2.05, 4.69) is 10.3 Å². The van der Waals surface area contributed by atoms with Gasteiger partial charge in [-0.25, -0.2) is 4.98 Å². The second-order valence-electron chi connectivity index (χ2n) is 4.49. The minimum absolute atomic E-state index is 0.171. The van der Waals surface area contributed by atoms with E-state index in [4.69, 9.17) is 9.84 Å². The Kier molecular flexibility index (Phi) is 5.38. The maximum Gasteiger partial charge on any atom is 0.125 e.